The Labute approximate surface area is 115 Å². The highest BCUT2D eigenvalue weighted by Crippen LogP contribution is 2.32. The van der Waals surface area contributed by atoms with Crippen molar-refractivity contribution >= 4 is 23.1 Å². The molecule has 0 aliphatic carbocycles. The Morgan fingerprint density at radius 1 is 1.58 bits per heavy atom. The maximum Gasteiger partial charge on any atom is 0.313 e. The number of halogens is 1. The number of benzene rings is 1. The minimum absolute atomic E-state index is 0.0472. The van der Waals surface area contributed by atoms with Gasteiger partial charge >= 0.3 is 5.69 Å². The number of thioether (sulfide) groups is 1. The van der Waals surface area contributed by atoms with Gasteiger partial charge in [-0.25, -0.2) is 4.39 Å². The molecule has 0 saturated heterocycles. The van der Waals surface area contributed by atoms with Crippen molar-refractivity contribution in [2.75, 3.05) is 24.4 Å². The molecule has 5 nitrogen and oxygen atoms in total. The highest BCUT2D eigenvalue weighted by Gasteiger charge is 2.19. The van der Waals surface area contributed by atoms with Crippen LogP contribution in [0.15, 0.2) is 12.1 Å². The maximum atomic E-state index is 13.8. The molecule has 0 bridgehead atoms. The molecule has 1 aromatic carbocycles. The van der Waals surface area contributed by atoms with Gasteiger partial charge in [0.05, 0.1) is 23.8 Å². The van der Waals surface area contributed by atoms with Gasteiger partial charge in [-0.15, -0.1) is 0 Å². The van der Waals surface area contributed by atoms with Crippen molar-refractivity contribution in [2.45, 2.75) is 19.4 Å². The van der Waals surface area contributed by atoms with Crippen LogP contribution in [0.4, 0.5) is 15.8 Å². The molecule has 0 saturated carbocycles. The molecular formula is C12H17FN2O3S. The maximum absolute atomic E-state index is 13.8. The second-order valence-corrected chi connectivity index (χ2v) is 5.07. The monoisotopic (exact) mass is 288 g/mol. The molecule has 7 heteroatoms. The first-order valence-corrected chi connectivity index (χ1v) is 7.16. The molecule has 1 N–H and O–H groups in total. The predicted molar refractivity (Wildman–Crippen MR) is 75.7 cm³/mol. The third kappa shape index (κ3) is 4.27. The molecule has 1 unspecified atom stereocenters. The van der Waals surface area contributed by atoms with Crippen molar-refractivity contribution < 1.29 is 14.1 Å². The van der Waals surface area contributed by atoms with Gasteiger partial charge in [-0.2, -0.15) is 11.8 Å². The van der Waals surface area contributed by atoms with Crippen molar-refractivity contribution in [1.82, 2.24) is 0 Å². The van der Waals surface area contributed by atoms with Gasteiger partial charge in [-0.05, 0) is 25.4 Å². The zero-order valence-corrected chi connectivity index (χ0v) is 11.9. The van der Waals surface area contributed by atoms with Crippen LogP contribution < -0.4 is 10.1 Å². The summed E-state index contributed by atoms with van der Waals surface area (Å²) in [5.41, 5.74) is -0.154. The van der Waals surface area contributed by atoms with Crippen LogP contribution in [-0.4, -0.2) is 30.1 Å². The van der Waals surface area contributed by atoms with E-state index in [0.29, 0.717) is 0 Å². The lowest BCUT2D eigenvalue weighted by Crippen LogP contribution is -2.17. The normalized spacial score (nSPS) is 12.0. The number of hydrogen-bond acceptors (Lipinski definition) is 5. The van der Waals surface area contributed by atoms with E-state index in [2.05, 4.69) is 5.32 Å². The molecule has 0 aliphatic heterocycles. The van der Waals surface area contributed by atoms with E-state index in [0.717, 1.165) is 18.2 Å². The Bertz CT molecular complexity index is 457. The number of rotatable bonds is 7. The Kier molecular flexibility index (Phi) is 5.88. The van der Waals surface area contributed by atoms with Crippen LogP contribution in [0.25, 0.3) is 0 Å². The summed E-state index contributed by atoms with van der Waals surface area (Å²) < 4.78 is 18.7. The van der Waals surface area contributed by atoms with Crippen molar-refractivity contribution in [3.8, 4) is 5.75 Å². The lowest BCUT2D eigenvalue weighted by molar-refractivity contribution is -0.385. The van der Waals surface area contributed by atoms with E-state index in [9.17, 15) is 14.5 Å². The van der Waals surface area contributed by atoms with Gasteiger partial charge < -0.3 is 10.1 Å². The summed E-state index contributed by atoms with van der Waals surface area (Å²) >= 11 is 1.71. The fraction of sp³-hybridized carbons (Fsp3) is 0.500. The zero-order chi connectivity index (χ0) is 14.4. The SMILES string of the molecule is COc1cc(NC(C)CCSC)c(F)cc1[N+](=O)[O-]. The summed E-state index contributed by atoms with van der Waals surface area (Å²) in [6, 6.07) is 2.28. The van der Waals surface area contributed by atoms with Crippen LogP contribution in [0.5, 0.6) is 5.75 Å². The number of ether oxygens (including phenoxy) is 1. The van der Waals surface area contributed by atoms with Crippen molar-refractivity contribution in [3.63, 3.8) is 0 Å². The van der Waals surface area contributed by atoms with Gasteiger partial charge in [0.2, 0.25) is 0 Å². The van der Waals surface area contributed by atoms with E-state index in [1.54, 1.807) is 11.8 Å². The zero-order valence-electron chi connectivity index (χ0n) is 11.1. The van der Waals surface area contributed by atoms with E-state index >= 15 is 0 Å². The van der Waals surface area contributed by atoms with Crippen molar-refractivity contribution in [2.24, 2.45) is 0 Å². The molecule has 0 spiro atoms. The van der Waals surface area contributed by atoms with Crippen LogP contribution in [0, 0.1) is 15.9 Å². The Morgan fingerprint density at radius 2 is 2.26 bits per heavy atom. The molecule has 1 rings (SSSR count). The molecule has 1 aromatic rings. The molecule has 1 atom stereocenters. The van der Waals surface area contributed by atoms with Crippen molar-refractivity contribution in [1.29, 1.82) is 0 Å². The standard InChI is InChI=1S/C12H17FN2O3S/c1-8(4-5-19-3)14-10-7-12(18-2)11(15(16)17)6-9(10)13/h6-8,14H,4-5H2,1-3H3. The summed E-state index contributed by atoms with van der Waals surface area (Å²) in [7, 11) is 1.32. The second kappa shape index (κ2) is 7.18. The van der Waals surface area contributed by atoms with Crippen LogP contribution >= 0.6 is 11.8 Å². The molecule has 0 aliphatic rings. The minimum Gasteiger partial charge on any atom is -0.490 e. The van der Waals surface area contributed by atoms with E-state index in [-0.39, 0.29) is 23.2 Å². The van der Waals surface area contributed by atoms with Crippen molar-refractivity contribution in [3.05, 3.63) is 28.1 Å². The van der Waals surface area contributed by atoms with E-state index in [4.69, 9.17) is 4.74 Å². The summed E-state index contributed by atoms with van der Waals surface area (Å²) in [6.45, 7) is 1.93. The summed E-state index contributed by atoms with van der Waals surface area (Å²) in [6.07, 6.45) is 2.88. The van der Waals surface area contributed by atoms with Gasteiger partial charge in [0.15, 0.2) is 11.6 Å². The number of nitro groups is 1. The largest absolute Gasteiger partial charge is 0.490 e. The smallest absolute Gasteiger partial charge is 0.313 e. The quantitative estimate of drug-likeness (QED) is 0.616. The summed E-state index contributed by atoms with van der Waals surface area (Å²) in [5.74, 6) is 0.356. The van der Waals surface area contributed by atoms with Gasteiger partial charge in [-0.3, -0.25) is 10.1 Å². The first kappa shape index (κ1) is 15.6. The number of hydrogen-bond donors (Lipinski definition) is 1. The third-order valence-corrected chi connectivity index (χ3v) is 3.27. The van der Waals surface area contributed by atoms with Crippen LogP contribution in [0.3, 0.4) is 0 Å². The van der Waals surface area contributed by atoms with Gasteiger partial charge in [0.1, 0.15) is 0 Å². The second-order valence-electron chi connectivity index (χ2n) is 4.09. The van der Waals surface area contributed by atoms with E-state index in [1.807, 2.05) is 13.2 Å². The number of nitrogens with one attached hydrogen (secondary N) is 1. The Hall–Kier alpha value is -1.50. The van der Waals surface area contributed by atoms with Gasteiger partial charge in [0.25, 0.3) is 0 Å². The van der Waals surface area contributed by atoms with Crippen LogP contribution in [-0.2, 0) is 0 Å². The highest BCUT2D eigenvalue weighted by atomic mass is 32.2. The average Bonchev–Trinajstić information content (AvgIpc) is 2.38. The Morgan fingerprint density at radius 3 is 2.79 bits per heavy atom. The summed E-state index contributed by atoms with van der Waals surface area (Å²) in [5, 5.41) is 13.7. The van der Waals surface area contributed by atoms with E-state index in [1.165, 1.54) is 13.2 Å². The molecule has 0 radical (unpaired) electrons. The van der Waals surface area contributed by atoms with Crippen LogP contribution in [0.1, 0.15) is 13.3 Å². The lowest BCUT2D eigenvalue weighted by atomic mass is 10.2. The van der Waals surface area contributed by atoms with Gasteiger partial charge in [0, 0.05) is 12.1 Å². The minimum atomic E-state index is -0.664. The third-order valence-electron chi connectivity index (χ3n) is 2.62. The number of anilines is 1. The number of nitro benzene ring substituents is 1. The topological polar surface area (TPSA) is 64.4 Å². The fourth-order valence-electron chi connectivity index (χ4n) is 1.59. The average molecular weight is 288 g/mol. The summed E-state index contributed by atoms with van der Waals surface area (Å²) in [4.78, 5) is 10.1. The molecule has 0 amide bonds. The first-order chi connectivity index (χ1) is 8.99. The number of nitrogens with zero attached hydrogens (tertiary/aromatic N) is 1. The predicted octanol–water partition coefficient (Wildman–Crippen LogP) is 3.30. The first-order valence-electron chi connectivity index (χ1n) is 5.77. The molecule has 0 heterocycles. The van der Waals surface area contributed by atoms with E-state index < -0.39 is 10.7 Å². The molecular weight excluding hydrogens is 271 g/mol. The number of methoxy groups -OCH3 is 1. The Balaban J connectivity index is 2.93. The van der Waals surface area contributed by atoms with Gasteiger partial charge in [-0.1, -0.05) is 0 Å². The van der Waals surface area contributed by atoms with Crippen LogP contribution in [0.2, 0.25) is 0 Å². The molecule has 0 fully saturated rings. The highest BCUT2D eigenvalue weighted by molar-refractivity contribution is 7.98. The molecule has 19 heavy (non-hydrogen) atoms. The fourth-order valence-corrected chi connectivity index (χ4v) is 2.18. The molecule has 106 valence electrons. The molecule has 0 aromatic heterocycles. The lowest BCUT2D eigenvalue weighted by Gasteiger charge is -2.16.